The topological polar surface area (TPSA) is 26.0 Å². The zero-order valence-electron chi connectivity index (χ0n) is 9.20. The van der Waals surface area contributed by atoms with Crippen molar-refractivity contribution >= 4 is 49.9 Å². The highest BCUT2D eigenvalue weighted by molar-refractivity contribution is 14.1. The summed E-state index contributed by atoms with van der Waals surface area (Å²) in [5.74, 6) is 0. The molecule has 0 fully saturated rings. The molecular weight excluding hydrogens is 409 g/mol. The highest BCUT2D eigenvalue weighted by Crippen LogP contribution is 2.27. The Hall–Kier alpha value is 0.0900. The zero-order chi connectivity index (χ0) is 12.3. The molecule has 0 aliphatic heterocycles. The molecule has 0 radical (unpaired) electrons. The summed E-state index contributed by atoms with van der Waals surface area (Å²) in [4.78, 5) is 1.40. The summed E-state index contributed by atoms with van der Waals surface area (Å²) < 4.78 is 2.34. The third kappa shape index (κ3) is 3.77. The quantitative estimate of drug-likeness (QED) is 0.708. The fraction of sp³-hybridized carbons (Fsp3) is 0.231. The van der Waals surface area contributed by atoms with E-state index in [1.165, 1.54) is 14.0 Å². The molecule has 1 atom stereocenters. The van der Waals surface area contributed by atoms with E-state index in [9.17, 15) is 0 Å². The number of aryl methyl sites for hydroxylation is 1. The van der Waals surface area contributed by atoms with Crippen LogP contribution >= 0.6 is 49.9 Å². The van der Waals surface area contributed by atoms with E-state index in [4.69, 9.17) is 5.73 Å². The lowest BCUT2D eigenvalue weighted by Gasteiger charge is -2.13. The first kappa shape index (κ1) is 13.5. The third-order valence-electron chi connectivity index (χ3n) is 2.64. The van der Waals surface area contributed by atoms with Gasteiger partial charge < -0.3 is 5.73 Å². The molecule has 0 saturated heterocycles. The van der Waals surface area contributed by atoms with Crippen molar-refractivity contribution in [2.24, 2.45) is 5.73 Å². The average molecular weight is 422 g/mol. The highest BCUT2D eigenvalue weighted by Gasteiger charge is 2.10. The van der Waals surface area contributed by atoms with Gasteiger partial charge in [0.15, 0.2) is 0 Å². The predicted octanol–water partition coefficient (Wildman–Crippen LogP) is 4.75. The van der Waals surface area contributed by atoms with Crippen LogP contribution in [0, 0.1) is 3.57 Å². The Morgan fingerprint density at radius 2 is 2.18 bits per heavy atom. The SMILES string of the molecule is NC(CCc1cccs1)c1cc(I)ccc1Br. The lowest BCUT2D eigenvalue weighted by molar-refractivity contribution is 0.652. The standard InChI is InChI=1S/C13H13BrINS/c14-12-5-3-9(15)8-11(12)13(16)6-4-10-2-1-7-17-10/h1-3,5,7-8,13H,4,6,16H2. The van der Waals surface area contributed by atoms with E-state index in [1.54, 1.807) is 11.3 Å². The van der Waals surface area contributed by atoms with E-state index >= 15 is 0 Å². The Labute approximate surface area is 128 Å². The van der Waals surface area contributed by atoms with Crippen molar-refractivity contribution in [2.45, 2.75) is 18.9 Å². The lowest BCUT2D eigenvalue weighted by atomic mass is 10.0. The van der Waals surface area contributed by atoms with Crippen LogP contribution in [0.5, 0.6) is 0 Å². The first-order valence-corrected chi connectivity index (χ1v) is 8.15. The summed E-state index contributed by atoms with van der Waals surface area (Å²) >= 11 is 7.69. The van der Waals surface area contributed by atoms with Crippen molar-refractivity contribution < 1.29 is 0 Å². The van der Waals surface area contributed by atoms with E-state index in [1.807, 2.05) is 0 Å². The van der Waals surface area contributed by atoms with Gasteiger partial charge in [0.05, 0.1) is 0 Å². The van der Waals surface area contributed by atoms with Gasteiger partial charge in [0.2, 0.25) is 0 Å². The van der Waals surface area contributed by atoms with Crippen LogP contribution in [-0.4, -0.2) is 0 Å². The summed E-state index contributed by atoms with van der Waals surface area (Å²) in [6.07, 6.45) is 2.04. The molecule has 1 nitrogen and oxygen atoms in total. The summed E-state index contributed by atoms with van der Waals surface area (Å²) in [6.45, 7) is 0. The number of nitrogens with two attached hydrogens (primary N) is 1. The molecule has 2 rings (SSSR count). The van der Waals surface area contributed by atoms with E-state index in [0.717, 1.165) is 17.3 Å². The Kier molecular flexibility index (Phi) is 5.02. The van der Waals surface area contributed by atoms with Crippen molar-refractivity contribution in [3.05, 3.63) is 54.2 Å². The summed E-state index contributed by atoms with van der Waals surface area (Å²) in [6, 6.07) is 10.7. The Morgan fingerprint density at radius 3 is 2.88 bits per heavy atom. The van der Waals surface area contributed by atoms with Gasteiger partial charge in [0, 0.05) is 19.0 Å². The van der Waals surface area contributed by atoms with Gasteiger partial charge in [-0.2, -0.15) is 0 Å². The molecule has 2 aromatic rings. The van der Waals surface area contributed by atoms with Crippen molar-refractivity contribution in [2.75, 3.05) is 0 Å². The first-order valence-electron chi connectivity index (χ1n) is 5.39. The van der Waals surface area contributed by atoms with Crippen molar-refractivity contribution in [3.63, 3.8) is 0 Å². The molecule has 0 bridgehead atoms. The first-order chi connectivity index (χ1) is 8.16. The molecular formula is C13H13BrINS. The minimum atomic E-state index is 0.0983. The van der Waals surface area contributed by atoms with Crippen molar-refractivity contribution in [1.29, 1.82) is 0 Å². The fourth-order valence-corrected chi connectivity index (χ4v) is 3.49. The smallest absolute Gasteiger partial charge is 0.0309 e. The molecule has 0 aliphatic carbocycles. The second kappa shape index (κ2) is 6.31. The lowest BCUT2D eigenvalue weighted by Crippen LogP contribution is -2.12. The number of thiophene rings is 1. The van der Waals surface area contributed by atoms with Gasteiger partial charge in [-0.25, -0.2) is 0 Å². The molecule has 0 spiro atoms. The average Bonchev–Trinajstić information content (AvgIpc) is 2.82. The molecule has 4 heteroatoms. The maximum Gasteiger partial charge on any atom is 0.0309 e. The van der Waals surface area contributed by atoms with E-state index in [-0.39, 0.29) is 6.04 Å². The second-order valence-electron chi connectivity index (χ2n) is 3.89. The van der Waals surface area contributed by atoms with Crippen LogP contribution in [0.3, 0.4) is 0 Å². The summed E-state index contributed by atoms with van der Waals surface area (Å²) in [5.41, 5.74) is 7.45. The van der Waals surface area contributed by atoms with Gasteiger partial charge in [-0.15, -0.1) is 11.3 Å². The molecule has 1 heterocycles. The maximum absolute atomic E-state index is 6.25. The van der Waals surface area contributed by atoms with Crippen LogP contribution in [0.15, 0.2) is 40.2 Å². The Balaban J connectivity index is 2.04. The van der Waals surface area contributed by atoms with Gasteiger partial charge in [0.1, 0.15) is 0 Å². The molecule has 90 valence electrons. The van der Waals surface area contributed by atoms with Gasteiger partial charge in [-0.1, -0.05) is 22.0 Å². The normalized spacial score (nSPS) is 12.6. The Morgan fingerprint density at radius 1 is 1.35 bits per heavy atom. The van der Waals surface area contributed by atoms with E-state index in [2.05, 4.69) is 74.2 Å². The maximum atomic E-state index is 6.25. The van der Waals surface area contributed by atoms with Crippen molar-refractivity contribution in [3.8, 4) is 0 Å². The highest BCUT2D eigenvalue weighted by atomic mass is 127. The monoisotopic (exact) mass is 421 g/mol. The van der Waals surface area contributed by atoms with Crippen LogP contribution < -0.4 is 5.73 Å². The third-order valence-corrected chi connectivity index (χ3v) is 4.97. The molecule has 0 saturated carbocycles. The summed E-state index contributed by atoms with van der Waals surface area (Å²) in [5, 5.41) is 2.11. The number of hydrogen-bond acceptors (Lipinski definition) is 2. The molecule has 2 N–H and O–H groups in total. The molecule has 1 unspecified atom stereocenters. The van der Waals surface area contributed by atoms with Crippen LogP contribution in [-0.2, 0) is 6.42 Å². The number of halogens is 2. The Bertz CT molecular complexity index is 484. The van der Waals surface area contributed by atoms with Crippen LogP contribution in [0.2, 0.25) is 0 Å². The molecule has 0 aliphatic rings. The largest absolute Gasteiger partial charge is 0.324 e. The fourth-order valence-electron chi connectivity index (χ4n) is 1.71. The molecule has 17 heavy (non-hydrogen) atoms. The van der Waals surface area contributed by atoms with Gasteiger partial charge in [-0.3, -0.25) is 0 Å². The number of hydrogen-bond donors (Lipinski definition) is 1. The number of rotatable bonds is 4. The van der Waals surface area contributed by atoms with Crippen LogP contribution in [0.4, 0.5) is 0 Å². The van der Waals surface area contributed by atoms with Crippen LogP contribution in [0.1, 0.15) is 22.9 Å². The summed E-state index contributed by atoms with van der Waals surface area (Å²) in [7, 11) is 0. The van der Waals surface area contributed by atoms with Gasteiger partial charge in [0.25, 0.3) is 0 Å². The van der Waals surface area contributed by atoms with E-state index in [0.29, 0.717) is 0 Å². The predicted molar refractivity (Wildman–Crippen MR) is 86.4 cm³/mol. The van der Waals surface area contributed by atoms with Gasteiger partial charge >= 0.3 is 0 Å². The van der Waals surface area contributed by atoms with Crippen molar-refractivity contribution in [1.82, 2.24) is 0 Å². The van der Waals surface area contributed by atoms with E-state index < -0.39 is 0 Å². The molecule has 1 aromatic heterocycles. The second-order valence-corrected chi connectivity index (χ2v) is 7.02. The molecule has 0 amide bonds. The minimum absolute atomic E-state index is 0.0983. The van der Waals surface area contributed by atoms with Gasteiger partial charge in [-0.05, 0) is 70.6 Å². The number of benzene rings is 1. The molecule has 1 aromatic carbocycles. The minimum Gasteiger partial charge on any atom is -0.324 e. The zero-order valence-corrected chi connectivity index (χ0v) is 13.8. The van der Waals surface area contributed by atoms with Crippen LogP contribution in [0.25, 0.3) is 0 Å².